The third kappa shape index (κ3) is 1.11. The predicted molar refractivity (Wildman–Crippen MR) is 66.8 cm³/mol. The lowest BCUT2D eigenvalue weighted by atomic mass is 10.1. The number of furan rings is 1. The first-order valence-corrected chi connectivity index (χ1v) is 5.43. The molecular weight excluding hydrogens is 212 g/mol. The molecule has 0 atom stereocenters. The summed E-state index contributed by atoms with van der Waals surface area (Å²) in [6, 6.07) is 12.0. The molecule has 3 heteroatoms. The SMILES string of the molecule is c1ccc2c(c1)oc1ccc3cncnc3c12. The summed E-state index contributed by atoms with van der Waals surface area (Å²) in [6.07, 6.45) is 3.40. The molecule has 2 heterocycles. The molecule has 3 nitrogen and oxygen atoms in total. The number of nitrogens with zero attached hydrogens (tertiary/aromatic N) is 2. The van der Waals surface area contributed by atoms with Gasteiger partial charge in [-0.1, -0.05) is 18.2 Å². The van der Waals surface area contributed by atoms with Crippen LogP contribution in [0.25, 0.3) is 32.8 Å². The molecule has 0 saturated heterocycles. The van der Waals surface area contributed by atoms with Crippen molar-refractivity contribution in [3.05, 3.63) is 48.9 Å². The zero-order valence-corrected chi connectivity index (χ0v) is 8.92. The van der Waals surface area contributed by atoms with Crippen LogP contribution in [0, 0.1) is 0 Å². The Labute approximate surface area is 96.7 Å². The highest BCUT2D eigenvalue weighted by Gasteiger charge is 2.10. The fraction of sp³-hybridized carbons (Fsp3) is 0. The molecule has 4 aromatic rings. The molecule has 0 aliphatic carbocycles. The first kappa shape index (κ1) is 8.70. The van der Waals surface area contributed by atoms with Gasteiger partial charge < -0.3 is 4.42 Å². The molecule has 0 N–H and O–H groups in total. The second-order valence-electron chi connectivity index (χ2n) is 4.00. The van der Waals surface area contributed by atoms with Gasteiger partial charge in [-0.05, 0) is 18.2 Å². The third-order valence-corrected chi connectivity index (χ3v) is 3.01. The Morgan fingerprint density at radius 3 is 2.88 bits per heavy atom. The maximum absolute atomic E-state index is 5.80. The van der Waals surface area contributed by atoms with E-state index in [0.29, 0.717) is 0 Å². The highest BCUT2D eigenvalue weighted by atomic mass is 16.3. The van der Waals surface area contributed by atoms with Gasteiger partial charge in [-0.15, -0.1) is 0 Å². The molecule has 0 unspecified atom stereocenters. The van der Waals surface area contributed by atoms with Crippen LogP contribution in [-0.2, 0) is 0 Å². The molecule has 2 aromatic heterocycles. The topological polar surface area (TPSA) is 38.9 Å². The largest absolute Gasteiger partial charge is 0.456 e. The fourth-order valence-electron chi connectivity index (χ4n) is 2.26. The zero-order chi connectivity index (χ0) is 11.2. The quantitative estimate of drug-likeness (QED) is 0.455. The molecule has 0 saturated carbocycles. The summed E-state index contributed by atoms with van der Waals surface area (Å²) >= 11 is 0. The van der Waals surface area contributed by atoms with E-state index < -0.39 is 0 Å². The van der Waals surface area contributed by atoms with Crippen molar-refractivity contribution in [1.29, 1.82) is 0 Å². The molecule has 80 valence electrons. The van der Waals surface area contributed by atoms with Crippen molar-refractivity contribution in [1.82, 2.24) is 9.97 Å². The summed E-state index contributed by atoms with van der Waals surface area (Å²) in [5.41, 5.74) is 2.72. The molecule has 0 radical (unpaired) electrons. The summed E-state index contributed by atoms with van der Waals surface area (Å²) in [6.45, 7) is 0. The minimum Gasteiger partial charge on any atom is -0.456 e. The van der Waals surface area contributed by atoms with Crippen LogP contribution >= 0.6 is 0 Å². The summed E-state index contributed by atoms with van der Waals surface area (Å²) < 4.78 is 5.80. The van der Waals surface area contributed by atoms with Gasteiger partial charge in [0.05, 0.1) is 10.9 Å². The first-order valence-electron chi connectivity index (χ1n) is 5.43. The second kappa shape index (κ2) is 3.04. The van der Waals surface area contributed by atoms with E-state index in [1.807, 2.05) is 36.5 Å². The number of benzene rings is 2. The zero-order valence-electron chi connectivity index (χ0n) is 8.92. The van der Waals surface area contributed by atoms with Gasteiger partial charge in [0.1, 0.15) is 17.5 Å². The molecule has 17 heavy (non-hydrogen) atoms. The number of rotatable bonds is 0. The fourth-order valence-corrected chi connectivity index (χ4v) is 2.26. The van der Waals surface area contributed by atoms with Crippen LogP contribution in [0.5, 0.6) is 0 Å². The Morgan fingerprint density at radius 2 is 1.88 bits per heavy atom. The van der Waals surface area contributed by atoms with Gasteiger partial charge in [0.25, 0.3) is 0 Å². The molecule has 0 fully saturated rings. The van der Waals surface area contributed by atoms with Gasteiger partial charge in [0.15, 0.2) is 0 Å². The van der Waals surface area contributed by atoms with Crippen LogP contribution in [0.3, 0.4) is 0 Å². The van der Waals surface area contributed by atoms with Gasteiger partial charge in [0.2, 0.25) is 0 Å². The Kier molecular flexibility index (Phi) is 1.56. The monoisotopic (exact) mass is 220 g/mol. The molecular formula is C14H8N2O. The summed E-state index contributed by atoms with van der Waals surface area (Å²) in [5, 5.41) is 3.21. The first-order chi connectivity index (χ1) is 8.43. The van der Waals surface area contributed by atoms with Crippen LogP contribution in [0.1, 0.15) is 0 Å². The van der Waals surface area contributed by atoms with E-state index in [0.717, 1.165) is 32.8 Å². The summed E-state index contributed by atoms with van der Waals surface area (Å²) in [4.78, 5) is 8.40. The van der Waals surface area contributed by atoms with Gasteiger partial charge in [-0.25, -0.2) is 9.97 Å². The lowest BCUT2D eigenvalue weighted by Gasteiger charge is -1.96. The molecule has 0 bridgehead atoms. The van der Waals surface area contributed by atoms with E-state index in [9.17, 15) is 0 Å². The normalized spacial score (nSPS) is 11.5. The minimum atomic E-state index is 0.873. The van der Waals surface area contributed by atoms with Crippen LogP contribution in [-0.4, -0.2) is 9.97 Å². The Bertz CT molecular complexity index is 842. The number of para-hydroxylation sites is 1. The van der Waals surface area contributed by atoms with Crippen molar-refractivity contribution >= 4 is 32.8 Å². The number of hydrogen-bond acceptors (Lipinski definition) is 3. The minimum absolute atomic E-state index is 0.873. The number of aromatic nitrogens is 2. The molecule has 0 spiro atoms. The number of hydrogen-bond donors (Lipinski definition) is 0. The van der Waals surface area contributed by atoms with Crippen molar-refractivity contribution in [2.75, 3.05) is 0 Å². The molecule has 2 aromatic carbocycles. The van der Waals surface area contributed by atoms with E-state index in [1.165, 1.54) is 0 Å². The maximum Gasteiger partial charge on any atom is 0.137 e. The van der Waals surface area contributed by atoms with Gasteiger partial charge in [-0.3, -0.25) is 0 Å². The van der Waals surface area contributed by atoms with Gasteiger partial charge in [-0.2, -0.15) is 0 Å². The molecule has 0 aliphatic heterocycles. The van der Waals surface area contributed by atoms with Crippen LogP contribution < -0.4 is 0 Å². The molecule has 4 rings (SSSR count). The van der Waals surface area contributed by atoms with Crippen LogP contribution in [0.4, 0.5) is 0 Å². The van der Waals surface area contributed by atoms with Crippen LogP contribution in [0.2, 0.25) is 0 Å². The standard InChI is InChI=1S/C14H8N2O/c1-2-4-11-10(3-1)13-12(17-11)6-5-9-7-15-8-16-14(9)13/h1-8H. The van der Waals surface area contributed by atoms with E-state index in [-0.39, 0.29) is 0 Å². The van der Waals surface area contributed by atoms with Crippen molar-refractivity contribution in [2.24, 2.45) is 0 Å². The molecule has 0 amide bonds. The van der Waals surface area contributed by atoms with Gasteiger partial charge in [0, 0.05) is 17.0 Å². The maximum atomic E-state index is 5.80. The highest BCUT2D eigenvalue weighted by Crippen LogP contribution is 2.32. The van der Waals surface area contributed by atoms with E-state index >= 15 is 0 Å². The Morgan fingerprint density at radius 1 is 0.941 bits per heavy atom. The van der Waals surface area contributed by atoms with Crippen molar-refractivity contribution < 1.29 is 4.42 Å². The predicted octanol–water partition coefficient (Wildman–Crippen LogP) is 3.53. The highest BCUT2D eigenvalue weighted by molar-refractivity contribution is 6.17. The smallest absolute Gasteiger partial charge is 0.137 e. The average Bonchev–Trinajstić information content (AvgIpc) is 2.77. The second-order valence-corrected chi connectivity index (χ2v) is 4.00. The lowest BCUT2D eigenvalue weighted by molar-refractivity contribution is 0.669. The summed E-state index contributed by atoms with van der Waals surface area (Å²) in [5.74, 6) is 0. The van der Waals surface area contributed by atoms with Crippen molar-refractivity contribution in [3.63, 3.8) is 0 Å². The number of fused-ring (bicyclic) bond motifs is 5. The molecule has 0 aliphatic rings. The van der Waals surface area contributed by atoms with E-state index in [1.54, 1.807) is 6.33 Å². The third-order valence-electron chi connectivity index (χ3n) is 3.01. The average molecular weight is 220 g/mol. The van der Waals surface area contributed by atoms with Gasteiger partial charge >= 0.3 is 0 Å². The van der Waals surface area contributed by atoms with Crippen molar-refractivity contribution in [3.8, 4) is 0 Å². The Hall–Kier alpha value is -2.42. The van der Waals surface area contributed by atoms with E-state index in [4.69, 9.17) is 4.42 Å². The Balaban J connectivity index is 2.38. The van der Waals surface area contributed by atoms with Crippen molar-refractivity contribution in [2.45, 2.75) is 0 Å². The van der Waals surface area contributed by atoms with Crippen LogP contribution in [0.15, 0.2) is 53.3 Å². The lowest BCUT2D eigenvalue weighted by Crippen LogP contribution is -1.81. The summed E-state index contributed by atoms with van der Waals surface area (Å²) in [7, 11) is 0. The van der Waals surface area contributed by atoms with E-state index in [2.05, 4.69) is 16.0 Å².